The van der Waals surface area contributed by atoms with Crippen LogP contribution in [-0.4, -0.2) is 27.7 Å². The van der Waals surface area contributed by atoms with Crippen LogP contribution in [0.1, 0.15) is 35.1 Å². The van der Waals surface area contributed by atoms with E-state index < -0.39 is 5.97 Å². The van der Waals surface area contributed by atoms with E-state index in [2.05, 4.69) is 16.5 Å². The number of ether oxygens (including phenoxy) is 1. The van der Waals surface area contributed by atoms with Gasteiger partial charge in [0.25, 0.3) is 0 Å². The number of aromatic nitrogens is 2. The highest BCUT2D eigenvalue weighted by molar-refractivity contribution is 5.90. The van der Waals surface area contributed by atoms with Crippen molar-refractivity contribution in [1.29, 1.82) is 0 Å². The smallest absolute Gasteiger partial charge is 0.339 e. The Morgan fingerprint density at radius 3 is 2.90 bits per heavy atom. The molecule has 0 saturated heterocycles. The molecule has 0 aliphatic heterocycles. The van der Waals surface area contributed by atoms with Gasteiger partial charge in [0.15, 0.2) is 0 Å². The molecule has 0 aliphatic carbocycles. The van der Waals surface area contributed by atoms with Gasteiger partial charge in [-0.2, -0.15) is 0 Å². The van der Waals surface area contributed by atoms with Crippen molar-refractivity contribution in [3.05, 3.63) is 47.5 Å². The number of carboxylic acids is 1. The van der Waals surface area contributed by atoms with E-state index in [-0.39, 0.29) is 5.56 Å². The molecule has 0 atom stereocenters. The highest BCUT2D eigenvalue weighted by atomic mass is 16.5. The monoisotopic (exact) mass is 274 g/mol. The summed E-state index contributed by atoms with van der Waals surface area (Å²) in [5.74, 6) is 0.434. The third-order valence-corrected chi connectivity index (χ3v) is 3.12. The molecule has 0 aliphatic rings. The molecule has 0 bridgehead atoms. The van der Waals surface area contributed by atoms with Crippen molar-refractivity contribution < 1.29 is 14.6 Å². The molecule has 0 fully saturated rings. The highest BCUT2D eigenvalue weighted by Gasteiger charge is 2.12. The molecule has 5 heteroatoms. The van der Waals surface area contributed by atoms with Crippen LogP contribution in [0.25, 0.3) is 0 Å². The maximum atomic E-state index is 11.1. The molecule has 0 unspecified atom stereocenters. The van der Waals surface area contributed by atoms with Gasteiger partial charge in [0.05, 0.1) is 7.11 Å². The van der Waals surface area contributed by atoms with Gasteiger partial charge in [-0.15, -0.1) is 0 Å². The van der Waals surface area contributed by atoms with Crippen molar-refractivity contribution in [1.82, 2.24) is 9.55 Å². The fraction of sp³-hybridized carbons (Fsp3) is 0.333. The van der Waals surface area contributed by atoms with E-state index in [0.29, 0.717) is 12.3 Å². The van der Waals surface area contributed by atoms with Crippen LogP contribution in [0.5, 0.6) is 5.75 Å². The quantitative estimate of drug-likeness (QED) is 0.879. The summed E-state index contributed by atoms with van der Waals surface area (Å²) >= 11 is 0. The van der Waals surface area contributed by atoms with Crippen molar-refractivity contribution >= 4 is 5.97 Å². The molecule has 1 N–H and O–H groups in total. The zero-order valence-electron chi connectivity index (χ0n) is 11.7. The molecule has 0 saturated carbocycles. The molecule has 1 aromatic carbocycles. The fourth-order valence-corrected chi connectivity index (χ4v) is 2.14. The van der Waals surface area contributed by atoms with Gasteiger partial charge >= 0.3 is 5.97 Å². The molecule has 1 aromatic heterocycles. The van der Waals surface area contributed by atoms with Crippen LogP contribution in [0.3, 0.4) is 0 Å². The van der Waals surface area contributed by atoms with Gasteiger partial charge < -0.3 is 14.4 Å². The van der Waals surface area contributed by atoms with Crippen molar-refractivity contribution in [3.63, 3.8) is 0 Å². The maximum absolute atomic E-state index is 11.1. The molecule has 0 spiro atoms. The number of methoxy groups -OCH3 is 1. The lowest BCUT2D eigenvalue weighted by molar-refractivity contribution is 0.0693. The molecule has 2 rings (SSSR count). The number of hydrogen-bond donors (Lipinski definition) is 1. The van der Waals surface area contributed by atoms with Crippen molar-refractivity contribution in [2.45, 2.75) is 26.3 Å². The van der Waals surface area contributed by atoms with Crippen LogP contribution in [0, 0.1) is 0 Å². The average Bonchev–Trinajstić information content (AvgIpc) is 2.86. The minimum absolute atomic E-state index is 0.177. The second-order valence-corrected chi connectivity index (χ2v) is 4.56. The summed E-state index contributed by atoms with van der Waals surface area (Å²) in [7, 11) is 1.48. The standard InChI is InChI=1S/C15H18N2O3/c1-3-4-14-16-7-8-17(14)10-11-5-6-12(15(18)19)13(9-11)20-2/h5-9H,3-4,10H2,1-2H3,(H,18,19). The molecular weight excluding hydrogens is 256 g/mol. The highest BCUT2D eigenvalue weighted by Crippen LogP contribution is 2.21. The van der Waals surface area contributed by atoms with E-state index in [9.17, 15) is 4.79 Å². The molecule has 0 radical (unpaired) electrons. The first kappa shape index (κ1) is 14.1. The molecule has 106 valence electrons. The number of imidazole rings is 1. The van der Waals surface area contributed by atoms with Crippen molar-refractivity contribution in [2.75, 3.05) is 7.11 Å². The minimum Gasteiger partial charge on any atom is -0.496 e. The topological polar surface area (TPSA) is 64.4 Å². The van der Waals surface area contributed by atoms with Crippen LogP contribution in [-0.2, 0) is 13.0 Å². The number of carbonyl (C=O) groups is 1. The Morgan fingerprint density at radius 2 is 2.25 bits per heavy atom. The summed E-state index contributed by atoms with van der Waals surface area (Å²) in [5.41, 5.74) is 1.16. The van der Waals surface area contributed by atoms with Crippen molar-refractivity contribution in [3.8, 4) is 5.75 Å². The number of rotatable bonds is 6. The number of aromatic carboxylic acids is 1. The summed E-state index contributed by atoms with van der Waals surface area (Å²) in [6.07, 6.45) is 5.69. The SMILES string of the molecule is CCCc1nccn1Cc1ccc(C(=O)O)c(OC)c1. The second kappa shape index (κ2) is 6.23. The van der Waals surface area contributed by atoms with Crippen LogP contribution in [0.2, 0.25) is 0 Å². The predicted octanol–water partition coefficient (Wildman–Crippen LogP) is 2.59. The lowest BCUT2D eigenvalue weighted by atomic mass is 10.1. The molecule has 1 heterocycles. The van der Waals surface area contributed by atoms with E-state index in [1.807, 2.05) is 12.3 Å². The van der Waals surface area contributed by atoms with E-state index >= 15 is 0 Å². The Kier molecular flexibility index (Phi) is 4.40. The Balaban J connectivity index is 2.25. The van der Waals surface area contributed by atoms with Gasteiger partial charge in [-0.25, -0.2) is 9.78 Å². The number of hydrogen-bond acceptors (Lipinski definition) is 3. The summed E-state index contributed by atoms with van der Waals surface area (Å²) < 4.78 is 7.21. The number of benzene rings is 1. The first-order valence-corrected chi connectivity index (χ1v) is 6.56. The van der Waals surface area contributed by atoms with Crippen LogP contribution >= 0.6 is 0 Å². The normalized spacial score (nSPS) is 10.5. The predicted molar refractivity (Wildman–Crippen MR) is 75.3 cm³/mol. The van der Waals surface area contributed by atoms with Gasteiger partial charge in [0.2, 0.25) is 0 Å². The Hall–Kier alpha value is -2.30. The average molecular weight is 274 g/mol. The summed E-state index contributed by atoms with van der Waals surface area (Å²) in [5, 5.41) is 9.06. The Bertz CT molecular complexity index is 605. The van der Waals surface area contributed by atoms with Crippen LogP contribution < -0.4 is 4.74 Å². The van der Waals surface area contributed by atoms with E-state index in [0.717, 1.165) is 24.2 Å². The first-order chi connectivity index (χ1) is 9.65. The number of aryl methyl sites for hydroxylation is 1. The summed E-state index contributed by atoms with van der Waals surface area (Å²) in [6.45, 7) is 2.77. The fourth-order valence-electron chi connectivity index (χ4n) is 2.14. The summed E-state index contributed by atoms with van der Waals surface area (Å²) in [6, 6.07) is 5.15. The largest absolute Gasteiger partial charge is 0.496 e. The van der Waals surface area contributed by atoms with Crippen molar-refractivity contribution in [2.24, 2.45) is 0 Å². The van der Waals surface area contributed by atoms with Gasteiger partial charge in [-0.1, -0.05) is 13.0 Å². The van der Waals surface area contributed by atoms with Gasteiger partial charge in [0.1, 0.15) is 17.1 Å². The zero-order chi connectivity index (χ0) is 14.5. The van der Waals surface area contributed by atoms with E-state index in [1.54, 1.807) is 18.3 Å². The van der Waals surface area contributed by atoms with Gasteiger partial charge in [-0.05, 0) is 24.1 Å². The lowest BCUT2D eigenvalue weighted by Crippen LogP contribution is -2.06. The molecule has 0 amide bonds. The first-order valence-electron chi connectivity index (χ1n) is 6.56. The third kappa shape index (κ3) is 2.99. The summed E-state index contributed by atoms with van der Waals surface area (Å²) in [4.78, 5) is 15.4. The maximum Gasteiger partial charge on any atom is 0.339 e. The number of nitrogens with zero attached hydrogens (tertiary/aromatic N) is 2. The van der Waals surface area contributed by atoms with Crippen LogP contribution in [0.15, 0.2) is 30.6 Å². The number of carboxylic acid groups (broad SMARTS) is 1. The molecule has 20 heavy (non-hydrogen) atoms. The zero-order valence-corrected chi connectivity index (χ0v) is 11.7. The van der Waals surface area contributed by atoms with Gasteiger partial charge in [0, 0.05) is 25.4 Å². The van der Waals surface area contributed by atoms with Gasteiger partial charge in [-0.3, -0.25) is 0 Å². The van der Waals surface area contributed by atoms with Crippen LogP contribution in [0.4, 0.5) is 0 Å². The molecule has 5 nitrogen and oxygen atoms in total. The Morgan fingerprint density at radius 1 is 1.45 bits per heavy atom. The Labute approximate surface area is 117 Å². The molecular formula is C15H18N2O3. The lowest BCUT2D eigenvalue weighted by Gasteiger charge is -2.10. The second-order valence-electron chi connectivity index (χ2n) is 4.56. The van der Waals surface area contributed by atoms with E-state index in [4.69, 9.17) is 9.84 Å². The molecule has 2 aromatic rings. The van der Waals surface area contributed by atoms with E-state index in [1.165, 1.54) is 7.11 Å². The third-order valence-electron chi connectivity index (χ3n) is 3.12. The minimum atomic E-state index is -0.984.